The number of sulfonamides is 1. The lowest BCUT2D eigenvalue weighted by atomic mass is 10.2. The number of nitrogens with zero attached hydrogens (tertiary/aromatic N) is 3. The van der Waals surface area contributed by atoms with Gasteiger partial charge >= 0.3 is 0 Å². The van der Waals surface area contributed by atoms with E-state index in [-0.39, 0.29) is 18.9 Å². The maximum atomic E-state index is 12.8. The Balaban J connectivity index is 1.42. The van der Waals surface area contributed by atoms with E-state index in [0.717, 1.165) is 16.3 Å². The number of hydrogen-bond donors (Lipinski definition) is 1. The summed E-state index contributed by atoms with van der Waals surface area (Å²) in [4.78, 5) is 12.8. The molecule has 2 heterocycles. The van der Waals surface area contributed by atoms with Gasteiger partial charge in [0.1, 0.15) is 5.75 Å². The zero-order chi connectivity index (χ0) is 21.8. The van der Waals surface area contributed by atoms with Gasteiger partial charge in [-0.05, 0) is 17.7 Å². The van der Waals surface area contributed by atoms with Crippen LogP contribution in [-0.2, 0) is 20.6 Å². The molecular weight excluding hydrogens is 456 g/mol. The number of nitrogens with one attached hydrogen (secondary N) is 1. The number of carbonyl (C=O) groups excluding carboxylic acids is 1. The van der Waals surface area contributed by atoms with Crippen LogP contribution in [0.2, 0.25) is 0 Å². The molecule has 11 heteroatoms. The van der Waals surface area contributed by atoms with Crippen molar-refractivity contribution in [1.82, 2.24) is 10.2 Å². The van der Waals surface area contributed by atoms with Crippen molar-refractivity contribution >= 4 is 49.8 Å². The average molecular weight is 477 g/mol. The number of aromatic nitrogens is 2. The van der Waals surface area contributed by atoms with Crippen molar-refractivity contribution in [3.63, 3.8) is 0 Å². The summed E-state index contributed by atoms with van der Waals surface area (Å²) >= 11 is 2.83. The number of fused-ring (bicyclic) bond motifs is 1. The van der Waals surface area contributed by atoms with Crippen LogP contribution in [-0.4, -0.2) is 43.4 Å². The lowest BCUT2D eigenvalue weighted by molar-refractivity contribution is -0.122. The maximum Gasteiger partial charge on any atom is 0.267 e. The second kappa shape index (κ2) is 9.25. The van der Waals surface area contributed by atoms with Gasteiger partial charge in [-0.2, -0.15) is 0 Å². The molecule has 0 unspecified atom stereocenters. The molecule has 0 saturated heterocycles. The quantitative estimate of drug-likeness (QED) is 0.430. The van der Waals surface area contributed by atoms with Crippen molar-refractivity contribution in [1.29, 1.82) is 0 Å². The number of amides is 1. The molecule has 1 atom stereocenters. The second-order valence-corrected chi connectivity index (χ2v) is 10.9. The van der Waals surface area contributed by atoms with Gasteiger partial charge in [0, 0.05) is 18.7 Å². The van der Waals surface area contributed by atoms with Gasteiger partial charge in [-0.3, -0.25) is 14.4 Å². The van der Waals surface area contributed by atoms with Crippen molar-refractivity contribution in [2.24, 2.45) is 0 Å². The van der Waals surface area contributed by atoms with E-state index in [9.17, 15) is 13.2 Å². The Hall–Kier alpha value is -2.63. The smallest absolute Gasteiger partial charge is 0.267 e. The molecule has 162 valence electrons. The first-order valence-corrected chi connectivity index (χ1v) is 13.1. The first-order valence-electron chi connectivity index (χ1n) is 9.44. The number of anilines is 2. The van der Waals surface area contributed by atoms with Crippen LogP contribution in [0, 0.1) is 0 Å². The predicted molar refractivity (Wildman–Crippen MR) is 122 cm³/mol. The van der Waals surface area contributed by atoms with Crippen LogP contribution in [0.5, 0.6) is 5.75 Å². The maximum absolute atomic E-state index is 12.8. The van der Waals surface area contributed by atoms with Gasteiger partial charge < -0.3 is 4.74 Å². The lowest BCUT2D eigenvalue weighted by Crippen LogP contribution is -2.35. The molecule has 0 bridgehead atoms. The number of para-hydroxylation sites is 2. The highest BCUT2D eigenvalue weighted by Gasteiger charge is 2.31. The molecule has 0 radical (unpaired) electrons. The SMILES string of the molecule is CS(=O)(=O)N1CC[C@@H](C(=O)Nc2nnc(SCc3ccccc3)s2)Oc2ccccc21. The summed E-state index contributed by atoms with van der Waals surface area (Å²) in [5.41, 5.74) is 1.60. The standard InChI is InChI=1S/C20H20N4O4S3/c1-31(26,27)24-12-11-17(28-16-10-6-5-9-15(16)24)18(25)21-19-22-23-20(30-19)29-13-14-7-3-2-4-8-14/h2-10,17H,11-13H2,1H3,(H,21,22,25)/t17-/m0/s1. The fourth-order valence-electron chi connectivity index (χ4n) is 3.08. The Bertz CT molecular complexity index is 1170. The fourth-order valence-corrected chi connectivity index (χ4v) is 5.74. The number of ether oxygens (including phenoxy) is 1. The summed E-state index contributed by atoms with van der Waals surface area (Å²) < 4.78 is 32.2. The topological polar surface area (TPSA) is 101 Å². The van der Waals surface area contributed by atoms with E-state index < -0.39 is 16.1 Å². The van der Waals surface area contributed by atoms with Crippen LogP contribution in [0.25, 0.3) is 0 Å². The summed E-state index contributed by atoms with van der Waals surface area (Å²) in [6.45, 7) is 0.141. The molecule has 0 spiro atoms. The fraction of sp³-hybridized carbons (Fsp3) is 0.250. The van der Waals surface area contributed by atoms with E-state index in [1.54, 1.807) is 36.0 Å². The highest BCUT2D eigenvalue weighted by molar-refractivity contribution is 8.00. The Morgan fingerprint density at radius 2 is 1.94 bits per heavy atom. The molecular formula is C20H20N4O4S3. The van der Waals surface area contributed by atoms with Crippen molar-refractivity contribution in [2.75, 3.05) is 22.4 Å². The van der Waals surface area contributed by atoms with E-state index in [0.29, 0.717) is 16.6 Å². The molecule has 0 fully saturated rings. The van der Waals surface area contributed by atoms with Gasteiger partial charge in [-0.15, -0.1) is 10.2 Å². The summed E-state index contributed by atoms with van der Waals surface area (Å²) in [6.07, 6.45) is 0.499. The van der Waals surface area contributed by atoms with Gasteiger partial charge in [0.15, 0.2) is 10.4 Å². The minimum atomic E-state index is -3.50. The first-order chi connectivity index (χ1) is 14.9. The molecule has 2 aromatic carbocycles. The summed E-state index contributed by atoms with van der Waals surface area (Å²) in [7, 11) is -3.50. The van der Waals surface area contributed by atoms with E-state index in [1.807, 2.05) is 30.3 Å². The van der Waals surface area contributed by atoms with Crippen LogP contribution in [0.4, 0.5) is 10.8 Å². The van der Waals surface area contributed by atoms with Crippen molar-refractivity contribution in [2.45, 2.75) is 22.6 Å². The molecule has 0 aliphatic carbocycles. The predicted octanol–water partition coefficient (Wildman–Crippen LogP) is 3.39. The normalized spacial score (nSPS) is 16.2. The van der Waals surface area contributed by atoms with Gasteiger partial charge in [0.25, 0.3) is 5.91 Å². The molecule has 1 aliphatic rings. The van der Waals surface area contributed by atoms with E-state index >= 15 is 0 Å². The molecule has 1 aromatic heterocycles. The van der Waals surface area contributed by atoms with Crippen LogP contribution >= 0.6 is 23.1 Å². The summed E-state index contributed by atoms with van der Waals surface area (Å²) in [6, 6.07) is 16.8. The highest BCUT2D eigenvalue weighted by atomic mass is 32.2. The van der Waals surface area contributed by atoms with Crippen molar-refractivity contribution < 1.29 is 17.9 Å². The third-order valence-electron chi connectivity index (χ3n) is 4.53. The molecule has 8 nitrogen and oxygen atoms in total. The lowest BCUT2D eigenvalue weighted by Gasteiger charge is -2.20. The van der Waals surface area contributed by atoms with Crippen LogP contribution in [0.15, 0.2) is 58.9 Å². The zero-order valence-corrected chi connectivity index (χ0v) is 19.0. The minimum absolute atomic E-state index is 0.141. The van der Waals surface area contributed by atoms with E-state index in [1.165, 1.54) is 21.2 Å². The molecule has 1 N–H and O–H groups in total. The van der Waals surface area contributed by atoms with Gasteiger partial charge in [0.05, 0.1) is 11.9 Å². The van der Waals surface area contributed by atoms with E-state index in [4.69, 9.17) is 4.74 Å². The largest absolute Gasteiger partial charge is 0.478 e. The third kappa shape index (κ3) is 5.35. The van der Waals surface area contributed by atoms with Gasteiger partial charge in [0.2, 0.25) is 15.2 Å². The molecule has 4 rings (SSSR count). The molecule has 3 aromatic rings. The Morgan fingerprint density at radius 1 is 1.19 bits per heavy atom. The Morgan fingerprint density at radius 3 is 2.71 bits per heavy atom. The van der Waals surface area contributed by atoms with Gasteiger partial charge in [-0.1, -0.05) is 65.6 Å². The number of carbonyl (C=O) groups is 1. The van der Waals surface area contributed by atoms with Gasteiger partial charge in [-0.25, -0.2) is 8.42 Å². The first kappa shape index (κ1) is 21.6. The molecule has 1 aliphatic heterocycles. The molecule has 1 amide bonds. The molecule has 0 saturated carbocycles. The van der Waals surface area contributed by atoms with Crippen LogP contribution in [0.1, 0.15) is 12.0 Å². The molecule has 31 heavy (non-hydrogen) atoms. The van der Waals surface area contributed by atoms with Crippen molar-refractivity contribution in [3.8, 4) is 5.75 Å². The zero-order valence-electron chi connectivity index (χ0n) is 16.6. The van der Waals surface area contributed by atoms with Crippen LogP contribution < -0.4 is 14.4 Å². The number of benzene rings is 2. The Labute approximate surface area is 188 Å². The summed E-state index contributed by atoms with van der Waals surface area (Å²) in [5.74, 6) is 0.718. The summed E-state index contributed by atoms with van der Waals surface area (Å²) in [5, 5.41) is 11.3. The monoisotopic (exact) mass is 476 g/mol. The Kier molecular flexibility index (Phi) is 6.44. The highest BCUT2D eigenvalue weighted by Crippen LogP contribution is 2.34. The second-order valence-electron chi connectivity index (χ2n) is 6.83. The van der Waals surface area contributed by atoms with E-state index in [2.05, 4.69) is 15.5 Å². The number of hydrogen-bond acceptors (Lipinski definition) is 8. The number of rotatable bonds is 6. The third-order valence-corrected chi connectivity index (χ3v) is 7.76. The minimum Gasteiger partial charge on any atom is -0.478 e. The van der Waals surface area contributed by atoms with Crippen molar-refractivity contribution in [3.05, 3.63) is 60.2 Å². The average Bonchev–Trinajstić information content (AvgIpc) is 3.09. The van der Waals surface area contributed by atoms with Crippen LogP contribution in [0.3, 0.4) is 0 Å². The number of thioether (sulfide) groups is 1.